The summed E-state index contributed by atoms with van der Waals surface area (Å²) in [6.07, 6.45) is 0.667. The summed E-state index contributed by atoms with van der Waals surface area (Å²) < 4.78 is 0. The highest BCUT2D eigenvalue weighted by Crippen LogP contribution is 2.08. The Labute approximate surface area is 67.0 Å². The average molecular weight is 160 g/mol. The predicted octanol–water partition coefficient (Wildman–Crippen LogP) is 1.26. The van der Waals surface area contributed by atoms with Crippen LogP contribution < -0.4 is 0 Å². The van der Waals surface area contributed by atoms with Gasteiger partial charge in [-0.1, -0.05) is 13.8 Å². The molecule has 0 fully saturated rings. The molecule has 0 amide bonds. The fraction of sp³-hybridized carbons (Fsp3) is 0.875. The molecule has 0 aromatic rings. The number of aliphatic hydroxyl groups is 1. The van der Waals surface area contributed by atoms with Crippen LogP contribution in [0, 0.1) is 5.92 Å². The van der Waals surface area contributed by atoms with Crippen molar-refractivity contribution in [3.8, 4) is 0 Å². The molecule has 11 heavy (non-hydrogen) atoms. The smallest absolute Gasteiger partial charge is 0.305 e. The maximum atomic E-state index is 10.1. The van der Waals surface area contributed by atoms with Crippen LogP contribution in [0.1, 0.15) is 33.1 Å². The van der Waals surface area contributed by atoms with Crippen LogP contribution in [0.2, 0.25) is 0 Å². The second kappa shape index (κ2) is 5.13. The second-order valence-electron chi connectivity index (χ2n) is 3.22. The van der Waals surface area contributed by atoms with E-state index in [2.05, 4.69) is 0 Å². The third kappa shape index (κ3) is 7.33. The maximum Gasteiger partial charge on any atom is 0.305 e. The standard InChI is InChI=1S/C8H16O3/c1-6(2)3-4-7(9)5-8(10)11/h6-7,9H,3-5H2,1-2H3,(H,10,11)/t7-/m0/s1. The van der Waals surface area contributed by atoms with Gasteiger partial charge in [-0.15, -0.1) is 0 Å². The molecule has 0 spiro atoms. The van der Waals surface area contributed by atoms with Crippen molar-refractivity contribution < 1.29 is 15.0 Å². The molecule has 3 heteroatoms. The number of aliphatic carboxylic acids is 1. The number of carbonyl (C=O) groups is 1. The third-order valence-electron chi connectivity index (χ3n) is 1.49. The van der Waals surface area contributed by atoms with E-state index in [0.29, 0.717) is 12.3 Å². The minimum Gasteiger partial charge on any atom is -0.481 e. The molecular weight excluding hydrogens is 144 g/mol. The molecule has 0 unspecified atom stereocenters. The van der Waals surface area contributed by atoms with Gasteiger partial charge in [0.2, 0.25) is 0 Å². The van der Waals surface area contributed by atoms with Crippen LogP contribution in [-0.4, -0.2) is 22.3 Å². The average Bonchev–Trinajstić information content (AvgIpc) is 1.82. The van der Waals surface area contributed by atoms with Gasteiger partial charge in [0.05, 0.1) is 12.5 Å². The van der Waals surface area contributed by atoms with Crippen molar-refractivity contribution in [3.63, 3.8) is 0 Å². The molecule has 0 aromatic heterocycles. The zero-order valence-electron chi connectivity index (χ0n) is 7.08. The molecule has 0 aliphatic heterocycles. The minimum atomic E-state index is -0.929. The molecule has 3 nitrogen and oxygen atoms in total. The Bertz CT molecular complexity index is 121. The lowest BCUT2D eigenvalue weighted by molar-refractivity contribution is -0.139. The van der Waals surface area contributed by atoms with Crippen LogP contribution >= 0.6 is 0 Å². The van der Waals surface area contributed by atoms with Crippen LogP contribution in [0.3, 0.4) is 0 Å². The summed E-state index contributed by atoms with van der Waals surface area (Å²) in [6.45, 7) is 4.10. The van der Waals surface area contributed by atoms with Gasteiger partial charge < -0.3 is 10.2 Å². The Hall–Kier alpha value is -0.570. The van der Waals surface area contributed by atoms with Crippen molar-refractivity contribution in [2.24, 2.45) is 5.92 Å². The van der Waals surface area contributed by atoms with Crippen molar-refractivity contribution in [2.45, 2.75) is 39.2 Å². The van der Waals surface area contributed by atoms with Crippen LogP contribution in [-0.2, 0) is 4.79 Å². The quantitative estimate of drug-likeness (QED) is 0.636. The molecule has 0 aliphatic rings. The molecule has 0 radical (unpaired) electrons. The lowest BCUT2D eigenvalue weighted by atomic mass is 10.0. The first-order valence-electron chi connectivity index (χ1n) is 3.92. The zero-order chi connectivity index (χ0) is 8.85. The molecule has 0 heterocycles. The van der Waals surface area contributed by atoms with Crippen molar-refractivity contribution >= 4 is 5.97 Å². The van der Waals surface area contributed by atoms with E-state index < -0.39 is 12.1 Å². The molecule has 2 N–H and O–H groups in total. The summed E-state index contributed by atoms with van der Waals surface area (Å²) in [7, 11) is 0. The number of carboxylic acid groups (broad SMARTS) is 1. The predicted molar refractivity (Wildman–Crippen MR) is 42.3 cm³/mol. The summed E-state index contributed by atoms with van der Waals surface area (Å²) in [6, 6.07) is 0. The lowest BCUT2D eigenvalue weighted by Crippen LogP contribution is -2.13. The highest BCUT2D eigenvalue weighted by atomic mass is 16.4. The molecule has 0 bridgehead atoms. The first kappa shape index (κ1) is 10.4. The van der Waals surface area contributed by atoms with Gasteiger partial charge in [-0.3, -0.25) is 4.79 Å². The van der Waals surface area contributed by atoms with E-state index >= 15 is 0 Å². The monoisotopic (exact) mass is 160 g/mol. The van der Waals surface area contributed by atoms with Crippen LogP contribution in [0.4, 0.5) is 0 Å². The Morgan fingerprint density at radius 1 is 1.36 bits per heavy atom. The van der Waals surface area contributed by atoms with Crippen molar-refractivity contribution in [2.75, 3.05) is 0 Å². The van der Waals surface area contributed by atoms with Gasteiger partial charge in [0, 0.05) is 0 Å². The van der Waals surface area contributed by atoms with Gasteiger partial charge in [-0.05, 0) is 18.8 Å². The van der Waals surface area contributed by atoms with Gasteiger partial charge >= 0.3 is 5.97 Å². The normalized spacial score (nSPS) is 13.5. The first-order valence-corrected chi connectivity index (χ1v) is 3.92. The van der Waals surface area contributed by atoms with Gasteiger partial charge in [-0.25, -0.2) is 0 Å². The largest absolute Gasteiger partial charge is 0.481 e. The third-order valence-corrected chi connectivity index (χ3v) is 1.49. The molecule has 0 rings (SSSR count). The molecule has 0 saturated heterocycles. The van der Waals surface area contributed by atoms with Gasteiger partial charge in [-0.2, -0.15) is 0 Å². The van der Waals surface area contributed by atoms with Crippen LogP contribution in [0.25, 0.3) is 0 Å². The van der Waals surface area contributed by atoms with Crippen LogP contribution in [0.5, 0.6) is 0 Å². The Kier molecular flexibility index (Phi) is 4.86. The molecule has 1 atom stereocenters. The second-order valence-corrected chi connectivity index (χ2v) is 3.22. The van der Waals surface area contributed by atoms with Gasteiger partial charge in [0.25, 0.3) is 0 Å². The summed E-state index contributed by atoms with van der Waals surface area (Å²) in [4.78, 5) is 10.1. The van der Waals surface area contributed by atoms with E-state index in [1.54, 1.807) is 0 Å². The molecule has 0 aliphatic carbocycles. The van der Waals surface area contributed by atoms with E-state index in [-0.39, 0.29) is 6.42 Å². The number of carboxylic acids is 1. The van der Waals surface area contributed by atoms with Crippen LogP contribution in [0.15, 0.2) is 0 Å². The van der Waals surface area contributed by atoms with Crippen molar-refractivity contribution in [1.29, 1.82) is 0 Å². The summed E-state index contributed by atoms with van der Waals surface area (Å²) >= 11 is 0. The topological polar surface area (TPSA) is 57.5 Å². The number of rotatable bonds is 5. The highest BCUT2D eigenvalue weighted by Gasteiger charge is 2.09. The molecule has 0 aromatic carbocycles. The number of hydrogen-bond donors (Lipinski definition) is 2. The van der Waals surface area contributed by atoms with E-state index in [9.17, 15) is 4.79 Å². The SMILES string of the molecule is CC(C)CC[C@H](O)CC(=O)O. The van der Waals surface area contributed by atoms with Crippen molar-refractivity contribution in [1.82, 2.24) is 0 Å². The summed E-state index contributed by atoms with van der Waals surface area (Å²) in [5, 5.41) is 17.4. The maximum absolute atomic E-state index is 10.1. The fourth-order valence-corrected chi connectivity index (χ4v) is 0.829. The Balaban J connectivity index is 3.37. The molecule has 0 saturated carbocycles. The number of aliphatic hydroxyl groups excluding tert-OH is 1. The number of hydrogen-bond acceptors (Lipinski definition) is 2. The summed E-state index contributed by atoms with van der Waals surface area (Å²) in [5.41, 5.74) is 0. The highest BCUT2D eigenvalue weighted by molar-refractivity contribution is 5.67. The van der Waals surface area contributed by atoms with E-state index in [0.717, 1.165) is 6.42 Å². The minimum absolute atomic E-state index is 0.132. The zero-order valence-corrected chi connectivity index (χ0v) is 7.08. The molecular formula is C8H16O3. The fourth-order valence-electron chi connectivity index (χ4n) is 0.829. The van der Waals surface area contributed by atoms with Gasteiger partial charge in [0.1, 0.15) is 0 Å². The lowest BCUT2D eigenvalue weighted by Gasteiger charge is -2.08. The van der Waals surface area contributed by atoms with Crippen molar-refractivity contribution in [3.05, 3.63) is 0 Å². The van der Waals surface area contributed by atoms with E-state index in [1.165, 1.54) is 0 Å². The van der Waals surface area contributed by atoms with E-state index in [4.69, 9.17) is 10.2 Å². The summed E-state index contributed by atoms with van der Waals surface area (Å²) in [5.74, 6) is -0.403. The molecule has 66 valence electrons. The Morgan fingerprint density at radius 3 is 2.27 bits per heavy atom. The van der Waals surface area contributed by atoms with Gasteiger partial charge in [0.15, 0.2) is 0 Å². The Morgan fingerprint density at radius 2 is 1.91 bits per heavy atom. The van der Waals surface area contributed by atoms with E-state index in [1.807, 2.05) is 13.8 Å². The first-order chi connectivity index (χ1) is 5.02.